The Hall–Kier alpha value is -1.11. The fraction of sp³-hybridized carbons (Fsp3) is 0.538. The lowest BCUT2D eigenvalue weighted by Crippen LogP contribution is -2.38. The number of methoxy groups -OCH3 is 1. The molecule has 0 radical (unpaired) electrons. The van der Waals surface area contributed by atoms with Gasteiger partial charge in [0.2, 0.25) is 0 Å². The lowest BCUT2D eigenvalue weighted by Gasteiger charge is -2.23. The van der Waals surface area contributed by atoms with Crippen LogP contribution in [0.2, 0.25) is 0 Å². The number of benzene rings is 1. The van der Waals surface area contributed by atoms with Crippen LogP contribution < -0.4 is 10.6 Å². The first kappa shape index (κ1) is 15.9. The Labute approximate surface area is 115 Å². The number of nitrogens with zero attached hydrogens (tertiary/aromatic N) is 1. The molecule has 2 N–H and O–H groups in total. The van der Waals surface area contributed by atoms with Gasteiger partial charge >= 0.3 is 0 Å². The quantitative estimate of drug-likeness (QED) is 0.806. The van der Waals surface area contributed by atoms with Crippen LogP contribution in [-0.2, 0) is 14.6 Å². The van der Waals surface area contributed by atoms with Crippen molar-refractivity contribution in [3.05, 3.63) is 24.3 Å². The Morgan fingerprint density at radius 1 is 1.32 bits per heavy atom. The minimum Gasteiger partial charge on any atom is -0.383 e. The lowest BCUT2D eigenvalue weighted by atomic mass is 10.2. The Bertz CT molecular complexity index is 485. The third kappa shape index (κ3) is 4.49. The van der Waals surface area contributed by atoms with Crippen LogP contribution in [0, 0.1) is 0 Å². The summed E-state index contributed by atoms with van der Waals surface area (Å²) in [4.78, 5) is 2.33. The Kier molecular flexibility index (Phi) is 5.78. The van der Waals surface area contributed by atoms with Crippen molar-refractivity contribution < 1.29 is 13.2 Å². The summed E-state index contributed by atoms with van der Waals surface area (Å²) < 4.78 is 28.4. The average Bonchev–Trinajstić information content (AvgIpc) is 2.39. The zero-order valence-electron chi connectivity index (χ0n) is 11.7. The molecule has 1 aromatic carbocycles. The van der Waals surface area contributed by atoms with Crippen LogP contribution in [0.3, 0.4) is 0 Å². The highest BCUT2D eigenvalue weighted by Gasteiger charge is 2.12. The Morgan fingerprint density at radius 2 is 1.89 bits per heavy atom. The highest BCUT2D eigenvalue weighted by molar-refractivity contribution is 7.91. The van der Waals surface area contributed by atoms with Crippen LogP contribution in [0.5, 0.6) is 0 Å². The second-order valence-corrected chi connectivity index (χ2v) is 6.77. The number of sulfone groups is 1. The minimum absolute atomic E-state index is 0.0750. The van der Waals surface area contributed by atoms with E-state index in [1.165, 1.54) is 0 Å². The van der Waals surface area contributed by atoms with Crippen molar-refractivity contribution in [3.8, 4) is 0 Å². The highest BCUT2D eigenvalue weighted by Crippen LogP contribution is 2.18. The molecule has 0 fully saturated rings. The molecular formula is C13H22N2O3S. The molecule has 1 unspecified atom stereocenters. The standard InChI is InChI=1S/C13H22N2O3S/c1-4-19(16,17)13-7-5-12(6-8-13)15(2)9-11(14)10-18-3/h5-8,11H,4,9-10,14H2,1-3H3. The summed E-state index contributed by atoms with van der Waals surface area (Å²) in [7, 11) is 0.395. The van der Waals surface area contributed by atoms with Crippen molar-refractivity contribution in [2.45, 2.75) is 17.9 Å². The van der Waals surface area contributed by atoms with E-state index in [-0.39, 0.29) is 11.8 Å². The monoisotopic (exact) mass is 286 g/mol. The first-order valence-corrected chi connectivity index (χ1v) is 7.84. The summed E-state index contributed by atoms with van der Waals surface area (Å²) in [5.74, 6) is 0.112. The summed E-state index contributed by atoms with van der Waals surface area (Å²) >= 11 is 0. The topological polar surface area (TPSA) is 72.6 Å². The second kappa shape index (κ2) is 6.88. The van der Waals surface area contributed by atoms with Gasteiger partial charge in [-0.2, -0.15) is 0 Å². The molecule has 0 bridgehead atoms. The number of nitrogens with two attached hydrogens (primary N) is 1. The molecule has 1 aromatic rings. The van der Waals surface area contributed by atoms with Gasteiger partial charge in [0.1, 0.15) is 0 Å². The molecule has 0 aliphatic rings. The Morgan fingerprint density at radius 3 is 2.37 bits per heavy atom. The van der Waals surface area contributed by atoms with Crippen molar-refractivity contribution in [1.29, 1.82) is 0 Å². The van der Waals surface area contributed by atoms with Gasteiger partial charge in [0.25, 0.3) is 0 Å². The smallest absolute Gasteiger partial charge is 0.178 e. The molecular weight excluding hydrogens is 264 g/mol. The maximum atomic E-state index is 11.7. The molecule has 5 nitrogen and oxygen atoms in total. The number of ether oxygens (including phenoxy) is 1. The molecule has 108 valence electrons. The van der Waals surface area contributed by atoms with E-state index in [1.807, 2.05) is 11.9 Å². The molecule has 1 rings (SSSR count). The van der Waals surface area contributed by atoms with E-state index in [4.69, 9.17) is 10.5 Å². The highest BCUT2D eigenvalue weighted by atomic mass is 32.2. The molecule has 0 saturated heterocycles. The number of anilines is 1. The van der Waals surface area contributed by atoms with Crippen LogP contribution in [0.1, 0.15) is 6.92 Å². The van der Waals surface area contributed by atoms with Gasteiger partial charge in [0.05, 0.1) is 17.3 Å². The summed E-state index contributed by atoms with van der Waals surface area (Å²) in [5.41, 5.74) is 6.81. The van der Waals surface area contributed by atoms with Gasteiger partial charge in [0.15, 0.2) is 9.84 Å². The number of likely N-dealkylation sites (N-methyl/N-ethyl adjacent to an activating group) is 1. The van der Waals surface area contributed by atoms with Crippen molar-refractivity contribution in [2.24, 2.45) is 5.73 Å². The van der Waals surface area contributed by atoms with E-state index in [9.17, 15) is 8.42 Å². The summed E-state index contributed by atoms with van der Waals surface area (Å²) in [6.45, 7) is 2.78. The molecule has 0 aromatic heterocycles. The van der Waals surface area contributed by atoms with E-state index >= 15 is 0 Å². The molecule has 6 heteroatoms. The first-order chi connectivity index (χ1) is 8.90. The second-order valence-electron chi connectivity index (χ2n) is 4.49. The van der Waals surface area contributed by atoms with E-state index in [2.05, 4.69) is 0 Å². The molecule has 0 amide bonds. The molecule has 0 heterocycles. The van der Waals surface area contributed by atoms with Gasteiger partial charge in [-0.25, -0.2) is 8.42 Å². The normalized spacial score (nSPS) is 13.3. The van der Waals surface area contributed by atoms with Crippen LogP contribution in [-0.4, -0.2) is 47.5 Å². The fourth-order valence-electron chi connectivity index (χ4n) is 1.80. The largest absolute Gasteiger partial charge is 0.383 e. The maximum absolute atomic E-state index is 11.7. The van der Waals surface area contributed by atoms with E-state index in [1.54, 1.807) is 38.3 Å². The molecule has 0 aliphatic carbocycles. The third-order valence-electron chi connectivity index (χ3n) is 2.91. The molecule has 1 atom stereocenters. The van der Waals surface area contributed by atoms with Crippen molar-refractivity contribution in [2.75, 3.05) is 38.0 Å². The van der Waals surface area contributed by atoms with Gasteiger partial charge < -0.3 is 15.4 Å². The molecule has 0 saturated carbocycles. The molecule has 19 heavy (non-hydrogen) atoms. The molecule has 0 spiro atoms. The van der Waals surface area contributed by atoms with Gasteiger partial charge in [0, 0.05) is 32.4 Å². The SMILES string of the molecule is CCS(=O)(=O)c1ccc(N(C)CC(N)COC)cc1. The summed E-state index contributed by atoms with van der Waals surface area (Å²) in [5, 5.41) is 0. The van der Waals surface area contributed by atoms with Crippen LogP contribution in [0.15, 0.2) is 29.2 Å². The van der Waals surface area contributed by atoms with Gasteiger partial charge in [-0.05, 0) is 24.3 Å². The maximum Gasteiger partial charge on any atom is 0.178 e. The lowest BCUT2D eigenvalue weighted by molar-refractivity contribution is 0.181. The number of hydrogen-bond acceptors (Lipinski definition) is 5. The van der Waals surface area contributed by atoms with Crippen LogP contribution in [0.25, 0.3) is 0 Å². The van der Waals surface area contributed by atoms with E-state index < -0.39 is 9.84 Å². The predicted octanol–water partition coefficient (Wildman–Crippen LogP) is 0.890. The minimum atomic E-state index is -3.14. The zero-order chi connectivity index (χ0) is 14.5. The Balaban J connectivity index is 2.76. The van der Waals surface area contributed by atoms with Crippen molar-refractivity contribution in [1.82, 2.24) is 0 Å². The first-order valence-electron chi connectivity index (χ1n) is 6.19. The number of rotatable bonds is 7. The van der Waals surface area contributed by atoms with Gasteiger partial charge in [-0.1, -0.05) is 6.92 Å². The van der Waals surface area contributed by atoms with Crippen LogP contribution in [0.4, 0.5) is 5.69 Å². The summed E-state index contributed by atoms with van der Waals surface area (Å²) in [6, 6.07) is 6.78. The van der Waals surface area contributed by atoms with E-state index in [0.29, 0.717) is 18.0 Å². The third-order valence-corrected chi connectivity index (χ3v) is 4.66. The van der Waals surface area contributed by atoms with Crippen molar-refractivity contribution in [3.63, 3.8) is 0 Å². The van der Waals surface area contributed by atoms with Gasteiger partial charge in [-0.15, -0.1) is 0 Å². The zero-order valence-corrected chi connectivity index (χ0v) is 12.5. The molecule has 0 aliphatic heterocycles. The number of hydrogen-bond donors (Lipinski definition) is 1. The van der Waals surface area contributed by atoms with Gasteiger partial charge in [-0.3, -0.25) is 0 Å². The fourth-order valence-corrected chi connectivity index (χ4v) is 2.68. The predicted molar refractivity (Wildman–Crippen MR) is 77.3 cm³/mol. The van der Waals surface area contributed by atoms with Crippen LogP contribution >= 0.6 is 0 Å². The average molecular weight is 286 g/mol. The summed E-state index contributed by atoms with van der Waals surface area (Å²) in [6.07, 6.45) is 0. The van der Waals surface area contributed by atoms with Crippen molar-refractivity contribution >= 4 is 15.5 Å². The van der Waals surface area contributed by atoms with E-state index in [0.717, 1.165) is 5.69 Å².